The monoisotopic (exact) mass is 278 g/mol. The molecule has 0 aliphatic carbocycles. The zero-order chi connectivity index (χ0) is 14.4. The van der Waals surface area contributed by atoms with Gasteiger partial charge in [-0.05, 0) is 38.1 Å². The zero-order valence-corrected chi connectivity index (χ0v) is 11.0. The summed E-state index contributed by atoms with van der Waals surface area (Å²) >= 11 is 0. The molecule has 2 heterocycles. The molecule has 1 aliphatic rings. The first-order valence-corrected chi connectivity index (χ1v) is 6.58. The molecule has 1 aromatic heterocycles. The first-order chi connectivity index (χ1) is 9.66. The van der Waals surface area contributed by atoms with Crippen molar-refractivity contribution in [3.8, 4) is 0 Å². The Morgan fingerprint density at radius 2 is 2.10 bits per heavy atom. The van der Waals surface area contributed by atoms with Crippen molar-refractivity contribution in [3.63, 3.8) is 0 Å². The smallest absolute Gasteiger partial charge is 0.332 e. The van der Waals surface area contributed by atoms with E-state index >= 15 is 0 Å². The van der Waals surface area contributed by atoms with Gasteiger partial charge in [-0.1, -0.05) is 6.07 Å². The lowest BCUT2D eigenvalue weighted by molar-refractivity contribution is -0.139. The highest BCUT2D eigenvalue weighted by molar-refractivity contribution is 5.83. The minimum atomic E-state index is -1.14. The van der Waals surface area contributed by atoms with Gasteiger partial charge in [0.15, 0.2) is 6.04 Å². The molecule has 7 nitrogen and oxygen atoms in total. The van der Waals surface area contributed by atoms with E-state index in [0.717, 1.165) is 25.9 Å². The van der Waals surface area contributed by atoms with Crippen LogP contribution in [0.3, 0.4) is 0 Å². The lowest BCUT2D eigenvalue weighted by atomic mass is 10.1. The summed E-state index contributed by atoms with van der Waals surface area (Å²) in [5.41, 5.74) is 0.306. The molecule has 1 aliphatic heterocycles. The number of hydrogen-bond acceptors (Lipinski definition) is 4. The number of hydrogen-bond donors (Lipinski definition) is 4. The summed E-state index contributed by atoms with van der Waals surface area (Å²) in [6.07, 6.45) is 3.18. The molecule has 1 fully saturated rings. The van der Waals surface area contributed by atoms with Crippen LogP contribution in [-0.2, 0) is 4.79 Å². The second-order valence-electron chi connectivity index (χ2n) is 4.67. The largest absolute Gasteiger partial charge is 0.479 e. The van der Waals surface area contributed by atoms with Crippen LogP contribution >= 0.6 is 0 Å². The molecular weight excluding hydrogens is 260 g/mol. The van der Waals surface area contributed by atoms with Crippen LogP contribution in [0, 0.1) is 0 Å². The first kappa shape index (κ1) is 14.3. The predicted molar refractivity (Wildman–Crippen MR) is 72.2 cm³/mol. The highest BCUT2D eigenvalue weighted by Gasteiger charge is 2.24. The van der Waals surface area contributed by atoms with Crippen molar-refractivity contribution >= 4 is 12.0 Å². The lowest BCUT2D eigenvalue weighted by Crippen LogP contribution is -2.48. The highest BCUT2D eigenvalue weighted by Crippen LogP contribution is 2.10. The Hall–Kier alpha value is -2.15. The van der Waals surface area contributed by atoms with Gasteiger partial charge in [0.05, 0.1) is 5.69 Å². The summed E-state index contributed by atoms with van der Waals surface area (Å²) in [7, 11) is 0. The van der Waals surface area contributed by atoms with Crippen molar-refractivity contribution in [2.45, 2.75) is 24.9 Å². The van der Waals surface area contributed by atoms with Gasteiger partial charge < -0.3 is 21.1 Å². The van der Waals surface area contributed by atoms with Crippen molar-refractivity contribution < 1.29 is 14.7 Å². The summed E-state index contributed by atoms with van der Waals surface area (Å²) < 4.78 is 0. The van der Waals surface area contributed by atoms with Crippen molar-refractivity contribution in [1.82, 2.24) is 20.9 Å². The number of nitrogens with one attached hydrogen (secondary N) is 3. The van der Waals surface area contributed by atoms with E-state index in [-0.39, 0.29) is 6.04 Å². The molecular formula is C13H18N4O3. The number of rotatable bonds is 4. The number of amides is 2. The van der Waals surface area contributed by atoms with Gasteiger partial charge in [-0.2, -0.15) is 0 Å². The maximum absolute atomic E-state index is 11.9. The molecule has 1 saturated heterocycles. The number of pyridine rings is 1. The molecule has 0 bridgehead atoms. The molecule has 0 saturated carbocycles. The number of carboxylic acid groups (broad SMARTS) is 1. The van der Waals surface area contributed by atoms with Gasteiger partial charge in [-0.3, -0.25) is 4.98 Å². The molecule has 4 N–H and O–H groups in total. The van der Waals surface area contributed by atoms with E-state index in [1.807, 2.05) is 0 Å². The third-order valence-corrected chi connectivity index (χ3v) is 3.18. The van der Waals surface area contributed by atoms with E-state index in [9.17, 15) is 14.7 Å². The van der Waals surface area contributed by atoms with E-state index in [1.54, 1.807) is 18.2 Å². The number of carbonyl (C=O) groups is 2. The Kier molecular flexibility index (Phi) is 4.89. The Morgan fingerprint density at radius 3 is 2.70 bits per heavy atom. The number of aliphatic carboxylic acids is 1. The Morgan fingerprint density at radius 1 is 1.35 bits per heavy atom. The van der Waals surface area contributed by atoms with Crippen LogP contribution in [0.5, 0.6) is 0 Å². The molecule has 1 unspecified atom stereocenters. The minimum absolute atomic E-state index is 0.0782. The highest BCUT2D eigenvalue weighted by atomic mass is 16.4. The Bertz CT molecular complexity index is 460. The van der Waals surface area contributed by atoms with Gasteiger partial charge >= 0.3 is 12.0 Å². The van der Waals surface area contributed by atoms with Crippen molar-refractivity contribution in [2.75, 3.05) is 13.1 Å². The quantitative estimate of drug-likeness (QED) is 0.632. The molecule has 108 valence electrons. The van der Waals surface area contributed by atoms with Crippen LogP contribution in [0.25, 0.3) is 0 Å². The van der Waals surface area contributed by atoms with Crippen molar-refractivity contribution in [2.24, 2.45) is 0 Å². The second kappa shape index (κ2) is 6.85. The van der Waals surface area contributed by atoms with Crippen molar-refractivity contribution in [3.05, 3.63) is 30.1 Å². The summed E-state index contributed by atoms with van der Waals surface area (Å²) in [5.74, 6) is -1.14. The van der Waals surface area contributed by atoms with E-state index in [0.29, 0.717) is 5.69 Å². The topological polar surface area (TPSA) is 103 Å². The van der Waals surface area contributed by atoms with Crippen molar-refractivity contribution in [1.29, 1.82) is 0 Å². The minimum Gasteiger partial charge on any atom is -0.479 e. The number of urea groups is 1. The van der Waals surface area contributed by atoms with Gasteiger partial charge in [0.25, 0.3) is 0 Å². The van der Waals surface area contributed by atoms with Gasteiger partial charge in [-0.25, -0.2) is 9.59 Å². The van der Waals surface area contributed by atoms with Gasteiger partial charge in [0.1, 0.15) is 0 Å². The standard InChI is InChI=1S/C13H18N4O3/c18-12(19)11(10-3-1-2-6-15-10)17-13(20)16-9-4-7-14-8-5-9/h1-3,6,9,11,14H,4-5,7-8H2,(H,18,19)(H2,16,17,20). The van der Waals surface area contributed by atoms with Crippen LogP contribution in [0.15, 0.2) is 24.4 Å². The molecule has 2 amide bonds. The zero-order valence-electron chi connectivity index (χ0n) is 11.0. The summed E-state index contributed by atoms with van der Waals surface area (Å²) in [4.78, 5) is 27.1. The average Bonchev–Trinajstić information content (AvgIpc) is 2.46. The third-order valence-electron chi connectivity index (χ3n) is 3.18. The van der Waals surface area contributed by atoms with E-state index in [2.05, 4.69) is 20.9 Å². The molecule has 7 heteroatoms. The number of nitrogens with zero attached hydrogens (tertiary/aromatic N) is 1. The molecule has 20 heavy (non-hydrogen) atoms. The van der Waals surface area contributed by atoms with E-state index in [1.165, 1.54) is 6.20 Å². The molecule has 2 rings (SSSR count). The lowest BCUT2D eigenvalue weighted by Gasteiger charge is -2.24. The van der Waals surface area contributed by atoms with E-state index in [4.69, 9.17) is 0 Å². The normalized spacial score (nSPS) is 17.2. The predicted octanol–water partition coefficient (Wildman–Crippen LogP) is 0.259. The summed E-state index contributed by atoms with van der Waals surface area (Å²) in [6.45, 7) is 1.71. The molecule has 0 radical (unpaired) electrons. The second-order valence-corrected chi connectivity index (χ2v) is 4.67. The Balaban J connectivity index is 1.94. The Labute approximate surface area is 116 Å². The van der Waals surface area contributed by atoms with Gasteiger partial charge in [0, 0.05) is 12.2 Å². The number of aromatic nitrogens is 1. The van der Waals surface area contributed by atoms with Crippen LogP contribution in [0.1, 0.15) is 24.6 Å². The van der Waals surface area contributed by atoms with Gasteiger partial charge in [0.2, 0.25) is 0 Å². The summed E-state index contributed by atoms with van der Waals surface area (Å²) in [5, 5.41) is 17.6. The fraction of sp³-hybridized carbons (Fsp3) is 0.462. The summed E-state index contributed by atoms with van der Waals surface area (Å²) in [6, 6.07) is 3.41. The number of piperidine rings is 1. The molecule has 0 aromatic carbocycles. The van der Waals surface area contributed by atoms with Crippen LogP contribution < -0.4 is 16.0 Å². The maximum atomic E-state index is 11.9. The van der Waals surface area contributed by atoms with Crippen LogP contribution in [-0.4, -0.2) is 41.2 Å². The fourth-order valence-corrected chi connectivity index (χ4v) is 2.13. The van der Waals surface area contributed by atoms with E-state index < -0.39 is 18.0 Å². The number of carboxylic acids is 1. The van der Waals surface area contributed by atoms with Gasteiger partial charge in [-0.15, -0.1) is 0 Å². The van der Waals surface area contributed by atoms with Crippen LogP contribution in [0.4, 0.5) is 4.79 Å². The molecule has 1 aromatic rings. The fourth-order valence-electron chi connectivity index (χ4n) is 2.13. The average molecular weight is 278 g/mol. The first-order valence-electron chi connectivity index (χ1n) is 6.58. The maximum Gasteiger partial charge on any atom is 0.332 e. The SMILES string of the molecule is O=C(NC1CCNCC1)NC(C(=O)O)c1ccccn1. The molecule has 1 atom stereocenters. The number of carbonyl (C=O) groups excluding carboxylic acids is 1. The van der Waals surface area contributed by atoms with Crippen LogP contribution in [0.2, 0.25) is 0 Å². The third kappa shape index (κ3) is 3.92. The molecule has 0 spiro atoms.